The van der Waals surface area contributed by atoms with Gasteiger partial charge in [0, 0.05) is 6.07 Å². The zero-order chi connectivity index (χ0) is 13.0. The number of hydrogen-bond acceptors (Lipinski definition) is 4. The van der Waals surface area contributed by atoms with Crippen molar-refractivity contribution in [2.24, 2.45) is 10.2 Å². The Labute approximate surface area is 104 Å². The van der Waals surface area contributed by atoms with Gasteiger partial charge >= 0.3 is 0 Å². The van der Waals surface area contributed by atoms with Crippen LogP contribution >= 0.6 is 0 Å². The second kappa shape index (κ2) is 5.18. The van der Waals surface area contributed by atoms with Crippen molar-refractivity contribution in [2.75, 3.05) is 0 Å². The van der Waals surface area contributed by atoms with Gasteiger partial charge in [-0.2, -0.15) is 5.11 Å². The minimum absolute atomic E-state index is 0.0327. The van der Waals surface area contributed by atoms with Crippen molar-refractivity contribution in [1.82, 2.24) is 0 Å². The lowest BCUT2D eigenvalue weighted by Gasteiger charge is -1.97. The van der Waals surface area contributed by atoms with Crippen LogP contribution in [0.25, 0.3) is 0 Å². The van der Waals surface area contributed by atoms with Gasteiger partial charge in [0.15, 0.2) is 5.69 Å². The smallest absolute Gasteiger partial charge is 0.258 e. The van der Waals surface area contributed by atoms with Gasteiger partial charge in [-0.3, -0.25) is 10.1 Å². The summed E-state index contributed by atoms with van der Waals surface area (Å²) < 4.78 is 0. The molecule has 0 spiro atoms. The van der Waals surface area contributed by atoms with Gasteiger partial charge in [-0.1, -0.05) is 24.3 Å². The molecule has 0 aliphatic carbocycles. The molecule has 0 heterocycles. The molecule has 0 fully saturated rings. The SMILES string of the molecule is Cc1ccc(N=Nc2ccccc2)c([N+](=O)[O-])c1. The topological polar surface area (TPSA) is 67.9 Å². The molecule has 2 aromatic carbocycles. The van der Waals surface area contributed by atoms with Crippen LogP contribution in [-0.2, 0) is 0 Å². The summed E-state index contributed by atoms with van der Waals surface area (Å²) in [5.41, 5.74) is 1.71. The van der Waals surface area contributed by atoms with E-state index in [0.717, 1.165) is 5.56 Å². The third-order valence-electron chi connectivity index (χ3n) is 2.36. The molecule has 0 atom stereocenters. The number of aryl methyl sites for hydroxylation is 1. The van der Waals surface area contributed by atoms with E-state index in [1.165, 1.54) is 6.07 Å². The molecular formula is C13H11N3O2. The molecule has 0 aliphatic heterocycles. The fourth-order valence-electron chi connectivity index (χ4n) is 1.47. The predicted octanol–water partition coefficient (Wildman–Crippen LogP) is 4.32. The van der Waals surface area contributed by atoms with Gasteiger partial charge in [-0.05, 0) is 30.7 Å². The molecule has 5 nitrogen and oxygen atoms in total. The van der Waals surface area contributed by atoms with Crippen LogP contribution in [0.1, 0.15) is 5.56 Å². The Morgan fingerprint density at radius 3 is 2.44 bits per heavy atom. The van der Waals surface area contributed by atoms with Crippen LogP contribution in [0.15, 0.2) is 58.8 Å². The number of nitrogens with zero attached hydrogens (tertiary/aromatic N) is 3. The Balaban J connectivity index is 2.35. The van der Waals surface area contributed by atoms with Crippen molar-refractivity contribution in [3.63, 3.8) is 0 Å². The molecule has 2 aromatic rings. The van der Waals surface area contributed by atoms with Gasteiger partial charge in [0.05, 0.1) is 10.6 Å². The lowest BCUT2D eigenvalue weighted by molar-refractivity contribution is -0.384. The number of benzene rings is 2. The zero-order valence-electron chi connectivity index (χ0n) is 9.78. The van der Waals surface area contributed by atoms with Crippen LogP contribution in [0.3, 0.4) is 0 Å². The van der Waals surface area contributed by atoms with Gasteiger partial charge in [0.25, 0.3) is 5.69 Å². The fourth-order valence-corrected chi connectivity index (χ4v) is 1.47. The maximum atomic E-state index is 10.9. The van der Waals surface area contributed by atoms with E-state index in [0.29, 0.717) is 5.69 Å². The fraction of sp³-hybridized carbons (Fsp3) is 0.0769. The second-order valence-electron chi connectivity index (χ2n) is 3.78. The van der Waals surface area contributed by atoms with Crippen molar-refractivity contribution in [3.8, 4) is 0 Å². The molecule has 0 saturated carbocycles. The van der Waals surface area contributed by atoms with E-state index in [1.54, 1.807) is 31.2 Å². The quantitative estimate of drug-likeness (QED) is 0.456. The molecule has 0 unspecified atom stereocenters. The molecule has 90 valence electrons. The first-order valence-electron chi connectivity index (χ1n) is 5.38. The van der Waals surface area contributed by atoms with Crippen molar-refractivity contribution >= 4 is 17.1 Å². The normalized spacial score (nSPS) is 10.7. The van der Waals surface area contributed by atoms with Crippen molar-refractivity contribution in [3.05, 3.63) is 64.2 Å². The first-order valence-corrected chi connectivity index (χ1v) is 5.38. The number of rotatable bonds is 3. The third kappa shape index (κ3) is 2.76. The van der Waals surface area contributed by atoms with Crippen LogP contribution in [0.4, 0.5) is 17.1 Å². The summed E-state index contributed by atoms with van der Waals surface area (Å²) in [6, 6.07) is 13.9. The van der Waals surface area contributed by atoms with E-state index in [-0.39, 0.29) is 11.4 Å². The molecule has 0 aliphatic rings. The summed E-state index contributed by atoms with van der Waals surface area (Å²) in [4.78, 5) is 10.4. The lowest BCUT2D eigenvalue weighted by atomic mass is 10.2. The number of azo groups is 1. The van der Waals surface area contributed by atoms with Crippen LogP contribution in [0, 0.1) is 17.0 Å². The van der Waals surface area contributed by atoms with Gasteiger partial charge in [0.2, 0.25) is 0 Å². The largest absolute Gasteiger partial charge is 0.296 e. The van der Waals surface area contributed by atoms with Gasteiger partial charge < -0.3 is 0 Å². The van der Waals surface area contributed by atoms with Crippen LogP contribution < -0.4 is 0 Å². The Morgan fingerprint density at radius 2 is 1.78 bits per heavy atom. The summed E-state index contributed by atoms with van der Waals surface area (Å²) in [5, 5.41) is 18.8. The minimum Gasteiger partial charge on any atom is -0.258 e. The Morgan fingerprint density at radius 1 is 1.06 bits per heavy atom. The molecule has 0 radical (unpaired) electrons. The van der Waals surface area contributed by atoms with E-state index in [9.17, 15) is 10.1 Å². The first kappa shape index (κ1) is 11.9. The maximum Gasteiger partial charge on any atom is 0.296 e. The minimum atomic E-state index is -0.452. The van der Waals surface area contributed by atoms with E-state index in [1.807, 2.05) is 18.2 Å². The van der Waals surface area contributed by atoms with Crippen LogP contribution in [-0.4, -0.2) is 4.92 Å². The summed E-state index contributed by atoms with van der Waals surface area (Å²) in [6.45, 7) is 1.80. The van der Waals surface area contributed by atoms with Gasteiger partial charge in [0.1, 0.15) is 0 Å². The molecule has 18 heavy (non-hydrogen) atoms. The lowest BCUT2D eigenvalue weighted by Crippen LogP contribution is -1.88. The highest BCUT2D eigenvalue weighted by molar-refractivity contribution is 5.58. The van der Waals surface area contributed by atoms with E-state index in [4.69, 9.17) is 0 Å². The highest BCUT2D eigenvalue weighted by Gasteiger charge is 2.13. The monoisotopic (exact) mass is 241 g/mol. The van der Waals surface area contributed by atoms with E-state index in [2.05, 4.69) is 10.2 Å². The molecule has 0 saturated heterocycles. The molecular weight excluding hydrogens is 230 g/mol. The molecule has 0 bridgehead atoms. The van der Waals surface area contributed by atoms with E-state index < -0.39 is 4.92 Å². The number of hydrogen-bond donors (Lipinski definition) is 0. The highest BCUT2D eigenvalue weighted by atomic mass is 16.6. The third-order valence-corrected chi connectivity index (χ3v) is 2.36. The molecule has 0 aromatic heterocycles. The van der Waals surface area contributed by atoms with Crippen LogP contribution in [0.5, 0.6) is 0 Å². The Kier molecular flexibility index (Phi) is 3.43. The standard InChI is InChI=1S/C13H11N3O2/c1-10-7-8-12(13(9-10)16(17)18)15-14-11-5-3-2-4-6-11/h2-9H,1H3. The van der Waals surface area contributed by atoms with Crippen molar-refractivity contribution in [1.29, 1.82) is 0 Å². The zero-order valence-corrected chi connectivity index (χ0v) is 9.78. The van der Waals surface area contributed by atoms with E-state index >= 15 is 0 Å². The first-order chi connectivity index (χ1) is 8.66. The van der Waals surface area contributed by atoms with Gasteiger partial charge in [-0.15, -0.1) is 5.11 Å². The molecule has 5 heteroatoms. The van der Waals surface area contributed by atoms with Crippen LogP contribution in [0.2, 0.25) is 0 Å². The average Bonchev–Trinajstić information content (AvgIpc) is 2.38. The molecule has 0 amide bonds. The number of nitro groups is 1. The summed E-state index contributed by atoms with van der Waals surface area (Å²) in [6.07, 6.45) is 0. The van der Waals surface area contributed by atoms with Crippen molar-refractivity contribution in [2.45, 2.75) is 6.92 Å². The maximum absolute atomic E-state index is 10.9. The summed E-state index contributed by atoms with van der Waals surface area (Å²) in [7, 11) is 0. The molecule has 2 rings (SSSR count). The second-order valence-corrected chi connectivity index (χ2v) is 3.78. The average molecular weight is 241 g/mol. The summed E-state index contributed by atoms with van der Waals surface area (Å²) in [5.74, 6) is 0. The Hall–Kier alpha value is -2.56. The highest BCUT2D eigenvalue weighted by Crippen LogP contribution is 2.29. The molecule has 0 N–H and O–H groups in total. The van der Waals surface area contributed by atoms with Crippen molar-refractivity contribution < 1.29 is 4.92 Å². The number of nitro benzene ring substituents is 1. The summed E-state index contributed by atoms with van der Waals surface area (Å²) >= 11 is 0. The van der Waals surface area contributed by atoms with Gasteiger partial charge in [-0.25, -0.2) is 0 Å². The Bertz CT molecular complexity index is 594. The predicted molar refractivity (Wildman–Crippen MR) is 68.5 cm³/mol.